The summed E-state index contributed by atoms with van der Waals surface area (Å²) in [6, 6.07) is 15.1. The van der Waals surface area contributed by atoms with E-state index in [1.165, 1.54) is 36.4 Å². The Morgan fingerprint density at radius 1 is 0.878 bits per heavy atom. The van der Waals surface area contributed by atoms with Gasteiger partial charge >= 0.3 is 28.1 Å². The van der Waals surface area contributed by atoms with Gasteiger partial charge in [0.05, 0.1) is 18.2 Å². The lowest BCUT2D eigenvalue weighted by atomic mass is 9.84. The van der Waals surface area contributed by atoms with Gasteiger partial charge in [-0.2, -0.15) is 26.7 Å². The van der Waals surface area contributed by atoms with Crippen LogP contribution < -0.4 is 14.3 Å². The molecule has 0 aliphatic heterocycles. The summed E-state index contributed by atoms with van der Waals surface area (Å²) >= 11 is 6.01. The summed E-state index contributed by atoms with van der Waals surface area (Å²) in [7, 11) is -5.93. The van der Waals surface area contributed by atoms with E-state index in [4.69, 9.17) is 16.3 Å². The lowest BCUT2D eigenvalue weighted by molar-refractivity contribution is -0.274. The Hall–Kier alpha value is -3.98. The number of amides is 1. The predicted molar refractivity (Wildman–Crippen MR) is 135 cm³/mol. The number of rotatable bonds is 9. The minimum atomic E-state index is -5.93. The van der Waals surface area contributed by atoms with Crippen LogP contribution in [0.1, 0.15) is 29.5 Å². The van der Waals surface area contributed by atoms with Crippen molar-refractivity contribution in [2.45, 2.75) is 24.7 Å². The third-order valence-corrected chi connectivity index (χ3v) is 6.34. The Bertz CT molecular complexity index is 1480. The second kappa shape index (κ2) is 12.7. The minimum absolute atomic E-state index is 0.00305. The molecule has 1 atom stereocenters. The summed E-state index contributed by atoms with van der Waals surface area (Å²) in [4.78, 5) is 12.0. The molecule has 0 aliphatic carbocycles. The summed E-state index contributed by atoms with van der Waals surface area (Å²) in [6.45, 7) is 1.55. The van der Waals surface area contributed by atoms with Gasteiger partial charge < -0.3 is 13.7 Å². The summed E-state index contributed by atoms with van der Waals surface area (Å²) in [6.07, 6.45) is -5.89. The lowest BCUT2D eigenvalue weighted by Crippen LogP contribution is -2.28. The molecule has 3 rings (SSSR count). The van der Waals surface area contributed by atoms with Crippen molar-refractivity contribution in [3.8, 4) is 11.5 Å². The van der Waals surface area contributed by atoms with Gasteiger partial charge in [0.25, 0.3) is 0 Å². The Kier molecular flexibility index (Phi) is 9.76. The molecule has 0 bridgehead atoms. The molecule has 0 heterocycles. The van der Waals surface area contributed by atoms with Crippen molar-refractivity contribution in [1.82, 2.24) is 5.43 Å². The SMILES string of the molecule is CCOC(=O)NN=C(c1ccc(OC(F)(F)F)cc1)C(c1ccc(Cl)cc1)c1ccc(OS(=O)(=O)C(F)(F)F)cc1. The van der Waals surface area contributed by atoms with E-state index in [2.05, 4.69) is 19.4 Å². The van der Waals surface area contributed by atoms with E-state index in [9.17, 15) is 39.6 Å². The number of hydrogen-bond acceptors (Lipinski definition) is 7. The van der Waals surface area contributed by atoms with Crippen LogP contribution in [0.4, 0.5) is 31.1 Å². The molecule has 41 heavy (non-hydrogen) atoms. The summed E-state index contributed by atoms with van der Waals surface area (Å²) in [5, 5.41) is 4.48. The van der Waals surface area contributed by atoms with Gasteiger partial charge in [-0.15, -0.1) is 13.2 Å². The number of nitrogens with one attached hydrogen (secondary N) is 1. The van der Waals surface area contributed by atoms with Crippen molar-refractivity contribution in [2.24, 2.45) is 5.10 Å². The van der Waals surface area contributed by atoms with Gasteiger partial charge in [-0.25, -0.2) is 10.2 Å². The molecule has 220 valence electrons. The molecule has 16 heteroatoms. The predicted octanol–water partition coefficient (Wildman–Crippen LogP) is 6.75. The van der Waals surface area contributed by atoms with Gasteiger partial charge in [0.1, 0.15) is 11.5 Å². The highest BCUT2D eigenvalue weighted by molar-refractivity contribution is 7.88. The van der Waals surface area contributed by atoms with Crippen molar-refractivity contribution < 1.29 is 53.2 Å². The van der Waals surface area contributed by atoms with Gasteiger partial charge in [0.15, 0.2) is 0 Å². The number of hydrogen-bond donors (Lipinski definition) is 1. The average Bonchev–Trinajstić information content (AvgIpc) is 2.87. The highest BCUT2D eigenvalue weighted by atomic mass is 35.5. The first-order chi connectivity index (χ1) is 19.1. The smallest absolute Gasteiger partial charge is 0.449 e. The molecule has 0 radical (unpaired) electrons. The number of alkyl halides is 6. The molecule has 0 aromatic heterocycles. The van der Waals surface area contributed by atoms with E-state index in [-0.39, 0.29) is 17.9 Å². The first-order valence-electron chi connectivity index (χ1n) is 11.3. The van der Waals surface area contributed by atoms with Crippen LogP contribution in [0.5, 0.6) is 11.5 Å². The van der Waals surface area contributed by atoms with Crippen LogP contribution in [-0.2, 0) is 14.9 Å². The molecule has 3 aromatic rings. The van der Waals surface area contributed by atoms with E-state index >= 15 is 0 Å². The molecule has 0 aliphatic rings. The summed E-state index contributed by atoms with van der Waals surface area (Å²) in [5.74, 6) is -2.11. The van der Waals surface area contributed by atoms with E-state index in [0.717, 1.165) is 24.3 Å². The topological polar surface area (TPSA) is 103 Å². The highest BCUT2D eigenvalue weighted by Crippen LogP contribution is 2.34. The molecular formula is C25H19ClF6N2O6S. The molecule has 0 fully saturated rings. The Morgan fingerprint density at radius 2 is 1.39 bits per heavy atom. The Labute approximate surface area is 234 Å². The quantitative estimate of drug-likeness (QED) is 0.0929. The van der Waals surface area contributed by atoms with Gasteiger partial charge in [0.2, 0.25) is 0 Å². The molecule has 3 aromatic carbocycles. The minimum Gasteiger partial charge on any atom is -0.449 e. The number of nitrogens with zero attached hydrogens (tertiary/aromatic N) is 1. The van der Waals surface area contributed by atoms with Crippen molar-refractivity contribution in [2.75, 3.05) is 6.61 Å². The number of carbonyl (C=O) groups excluding carboxylic acids is 1. The molecular weight excluding hydrogens is 606 g/mol. The van der Waals surface area contributed by atoms with Crippen molar-refractivity contribution in [3.05, 3.63) is 94.5 Å². The first kappa shape index (κ1) is 31.5. The van der Waals surface area contributed by atoms with E-state index < -0.39 is 45.5 Å². The maximum atomic E-state index is 12.7. The molecule has 0 spiro atoms. The van der Waals surface area contributed by atoms with Crippen molar-refractivity contribution in [1.29, 1.82) is 0 Å². The summed E-state index contributed by atoms with van der Waals surface area (Å²) < 4.78 is 112. The first-order valence-corrected chi connectivity index (χ1v) is 13.1. The zero-order chi connectivity index (χ0) is 30.4. The zero-order valence-electron chi connectivity index (χ0n) is 20.7. The normalized spacial score (nSPS) is 13.3. The number of benzene rings is 3. The van der Waals surface area contributed by atoms with Crippen molar-refractivity contribution in [3.63, 3.8) is 0 Å². The van der Waals surface area contributed by atoms with Crippen LogP contribution in [0.25, 0.3) is 0 Å². The van der Waals surface area contributed by atoms with E-state index in [1.807, 2.05) is 0 Å². The Balaban J connectivity index is 2.12. The van der Waals surface area contributed by atoms with Crippen LogP contribution in [-0.4, -0.2) is 38.7 Å². The van der Waals surface area contributed by atoms with Crippen molar-refractivity contribution >= 4 is 33.5 Å². The van der Waals surface area contributed by atoms with Crippen LogP contribution in [0.2, 0.25) is 5.02 Å². The number of carbonyl (C=O) groups is 1. The van der Waals surface area contributed by atoms with Crippen LogP contribution in [0.3, 0.4) is 0 Å². The fourth-order valence-corrected chi connectivity index (χ4v) is 4.03. The standard InChI is InChI=1S/C25H19ClF6N2O6S/c1-2-38-23(35)34-33-22(17-7-11-19(12-8-17)39-24(27,28)29)21(15-3-9-18(26)10-4-15)16-5-13-20(14-6-16)40-41(36,37)25(30,31)32/h3-14,21H,2H2,1H3,(H,34,35). The number of hydrazone groups is 1. The van der Waals surface area contributed by atoms with Gasteiger partial charge in [-0.1, -0.05) is 35.9 Å². The van der Waals surface area contributed by atoms with E-state index in [0.29, 0.717) is 16.1 Å². The largest absolute Gasteiger partial charge is 0.573 e. The van der Waals surface area contributed by atoms with Crippen LogP contribution >= 0.6 is 11.6 Å². The second-order valence-corrected chi connectivity index (χ2v) is 9.91. The number of ether oxygens (including phenoxy) is 2. The lowest BCUT2D eigenvalue weighted by Gasteiger charge is -2.22. The van der Waals surface area contributed by atoms with Gasteiger partial charge in [0, 0.05) is 5.02 Å². The summed E-state index contributed by atoms with van der Waals surface area (Å²) in [5.41, 5.74) is -2.43. The molecule has 0 saturated heterocycles. The maximum absolute atomic E-state index is 12.7. The number of halogens is 7. The average molecular weight is 625 g/mol. The molecule has 8 nitrogen and oxygen atoms in total. The van der Waals surface area contributed by atoms with E-state index in [1.54, 1.807) is 19.1 Å². The van der Waals surface area contributed by atoms with Gasteiger partial charge in [-0.05, 0) is 72.1 Å². The van der Waals surface area contributed by atoms with Crippen LogP contribution in [0, 0.1) is 0 Å². The third-order valence-electron chi connectivity index (χ3n) is 5.11. The molecule has 1 unspecified atom stereocenters. The van der Waals surface area contributed by atoms with Gasteiger partial charge in [-0.3, -0.25) is 0 Å². The second-order valence-electron chi connectivity index (χ2n) is 7.94. The monoisotopic (exact) mass is 624 g/mol. The maximum Gasteiger partial charge on any atom is 0.573 e. The zero-order valence-corrected chi connectivity index (χ0v) is 22.2. The third kappa shape index (κ3) is 8.75. The molecule has 1 N–H and O–H groups in total. The molecule has 0 saturated carbocycles. The van der Waals surface area contributed by atoms with Crippen LogP contribution in [0.15, 0.2) is 77.9 Å². The Morgan fingerprint density at radius 3 is 1.88 bits per heavy atom. The fourth-order valence-electron chi connectivity index (χ4n) is 3.45. The fraction of sp³-hybridized carbons (Fsp3) is 0.200. The molecule has 1 amide bonds. The highest BCUT2D eigenvalue weighted by Gasteiger charge is 2.48.